The van der Waals surface area contributed by atoms with Crippen LogP contribution in [-0.4, -0.2) is 31.4 Å². The van der Waals surface area contributed by atoms with Gasteiger partial charge < -0.3 is 11.1 Å². The molecule has 2 aromatic heterocycles. The molecule has 3 aromatic rings. The maximum atomic E-state index is 13.0. The van der Waals surface area contributed by atoms with Crippen LogP contribution in [0.5, 0.6) is 0 Å². The molecule has 3 rings (SSSR count). The van der Waals surface area contributed by atoms with E-state index in [9.17, 15) is 14.0 Å². The third-order valence-electron chi connectivity index (χ3n) is 3.40. The van der Waals surface area contributed by atoms with Gasteiger partial charge in [0.25, 0.3) is 5.91 Å². The third kappa shape index (κ3) is 3.71. The van der Waals surface area contributed by atoms with Gasteiger partial charge in [0.2, 0.25) is 5.91 Å². The Morgan fingerprint density at radius 2 is 2.00 bits per heavy atom. The Balaban J connectivity index is 1.77. The zero-order chi connectivity index (χ0) is 18.0. The zero-order valence-corrected chi connectivity index (χ0v) is 13.3. The number of carbonyl (C=O) groups excluding carboxylic acids is 2. The van der Waals surface area contributed by atoms with E-state index in [2.05, 4.69) is 15.5 Å². The van der Waals surface area contributed by atoms with Gasteiger partial charge in [-0.15, -0.1) is 0 Å². The van der Waals surface area contributed by atoms with Crippen molar-refractivity contribution >= 4 is 17.5 Å². The highest BCUT2D eigenvalue weighted by atomic mass is 19.1. The highest BCUT2D eigenvalue weighted by Gasteiger charge is 2.14. The Labute approximate surface area is 142 Å². The molecule has 0 radical (unpaired) electrons. The van der Waals surface area contributed by atoms with Crippen LogP contribution in [-0.2, 0) is 11.3 Å². The van der Waals surface area contributed by atoms with Crippen molar-refractivity contribution in [2.75, 3.05) is 5.32 Å². The van der Waals surface area contributed by atoms with Gasteiger partial charge in [-0.1, -0.05) is 0 Å². The highest BCUT2D eigenvalue weighted by Crippen LogP contribution is 2.14. The van der Waals surface area contributed by atoms with Crippen molar-refractivity contribution in [2.45, 2.75) is 13.5 Å². The minimum Gasteiger partial charge on any atom is -0.368 e. The van der Waals surface area contributed by atoms with Gasteiger partial charge in [-0.2, -0.15) is 10.2 Å². The molecule has 3 N–H and O–H groups in total. The number of benzene rings is 1. The molecule has 0 aliphatic heterocycles. The van der Waals surface area contributed by atoms with Crippen molar-refractivity contribution in [1.29, 1.82) is 0 Å². The summed E-state index contributed by atoms with van der Waals surface area (Å²) >= 11 is 0. The maximum absolute atomic E-state index is 13.0. The SMILES string of the molecule is Cc1cc(C(=O)Nc2cnn(CC(N)=O)c2)nn1-c1ccc(F)cc1. The lowest BCUT2D eigenvalue weighted by atomic mass is 10.3. The molecule has 0 atom stereocenters. The third-order valence-corrected chi connectivity index (χ3v) is 3.40. The normalized spacial score (nSPS) is 10.6. The first-order valence-electron chi connectivity index (χ1n) is 7.37. The van der Waals surface area contributed by atoms with Crippen LogP contribution < -0.4 is 11.1 Å². The fourth-order valence-electron chi connectivity index (χ4n) is 2.30. The van der Waals surface area contributed by atoms with E-state index in [0.29, 0.717) is 11.4 Å². The lowest BCUT2D eigenvalue weighted by Crippen LogP contribution is -2.18. The molecule has 2 heterocycles. The van der Waals surface area contributed by atoms with Crippen molar-refractivity contribution in [3.63, 3.8) is 0 Å². The topological polar surface area (TPSA) is 108 Å². The predicted molar refractivity (Wildman–Crippen MR) is 87.6 cm³/mol. The molecule has 0 saturated heterocycles. The van der Waals surface area contributed by atoms with E-state index in [1.165, 1.54) is 29.2 Å². The first kappa shape index (κ1) is 16.4. The average molecular weight is 342 g/mol. The molecular formula is C16H15FN6O2. The summed E-state index contributed by atoms with van der Waals surface area (Å²) in [4.78, 5) is 23.2. The van der Waals surface area contributed by atoms with Gasteiger partial charge in [-0.25, -0.2) is 9.07 Å². The van der Waals surface area contributed by atoms with Crippen LogP contribution in [0.15, 0.2) is 42.7 Å². The number of nitrogens with one attached hydrogen (secondary N) is 1. The summed E-state index contributed by atoms with van der Waals surface area (Å²) in [5.41, 5.74) is 7.07. The van der Waals surface area contributed by atoms with Gasteiger partial charge >= 0.3 is 0 Å². The standard InChI is InChI=1S/C16H15FN6O2/c1-10-6-14(21-23(10)13-4-2-11(17)3-5-13)16(25)20-12-7-19-22(8-12)9-15(18)24/h2-8H,9H2,1H3,(H2,18,24)(H,20,25). The second-order valence-electron chi connectivity index (χ2n) is 5.41. The average Bonchev–Trinajstić information content (AvgIpc) is 3.14. The lowest BCUT2D eigenvalue weighted by molar-refractivity contribution is -0.118. The Morgan fingerprint density at radius 3 is 2.68 bits per heavy atom. The van der Waals surface area contributed by atoms with Gasteiger partial charge in [-0.05, 0) is 37.3 Å². The molecule has 0 fully saturated rings. The molecule has 9 heteroatoms. The van der Waals surface area contributed by atoms with Gasteiger partial charge in [0, 0.05) is 11.9 Å². The smallest absolute Gasteiger partial charge is 0.276 e. The summed E-state index contributed by atoms with van der Waals surface area (Å²) < 4.78 is 15.9. The fourth-order valence-corrected chi connectivity index (χ4v) is 2.30. The molecule has 8 nitrogen and oxygen atoms in total. The van der Waals surface area contributed by atoms with Crippen molar-refractivity contribution in [1.82, 2.24) is 19.6 Å². The van der Waals surface area contributed by atoms with Crippen molar-refractivity contribution < 1.29 is 14.0 Å². The summed E-state index contributed by atoms with van der Waals surface area (Å²) in [6, 6.07) is 7.41. The highest BCUT2D eigenvalue weighted by molar-refractivity contribution is 6.02. The number of nitrogens with zero attached hydrogens (tertiary/aromatic N) is 4. The fraction of sp³-hybridized carbons (Fsp3) is 0.125. The summed E-state index contributed by atoms with van der Waals surface area (Å²) in [5.74, 6) is -1.31. The summed E-state index contributed by atoms with van der Waals surface area (Å²) in [6.45, 7) is 1.71. The largest absolute Gasteiger partial charge is 0.368 e. The van der Waals surface area contributed by atoms with E-state index in [4.69, 9.17) is 5.73 Å². The number of anilines is 1. The number of amides is 2. The molecule has 0 aliphatic rings. The number of aryl methyl sites for hydroxylation is 1. The quantitative estimate of drug-likeness (QED) is 0.727. The van der Waals surface area contributed by atoms with Gasteiger partial charge in [0.05, 0.1) is 17.6 Å². The van der Waals surface area contributed by atoms with E-state index >= 15 is 0 Å². The number of aromatic nitrogens is 4. The van der Waals surface area contributed by atoms with Crippen LogP contribution in [0, 0.1) is 12.7 Å². The van der Waals surface area contributed by atoms with Crippen LogP contribution in [0.2, 0.25) is 0 Å². The number of halogens is 1. The zero-order valence-electron chi connectivity index (χ0n) is 13.3. The molecule has 0 unspecified atom stereocenters. The number of hydrogen-bond acceptors (Lipinski definition) is 4. The Morgan fingerprint density at radius 1 is 1.28 bits per heavy atom. The van der Waals surface area contributed by atoms with E-state index in [0.717, 1.165) is 5.69 Å². The van der Waals surface area contributed by atoms with Crippen LogP contribution in [0.3, 0.4) is 0 Å². The van der Waals surface area contributed by atoms with E-state index < -0.39 is 11.8 Å². The summed E-state index contributed by atoms with van der Waals surface area (Å²) in [6.07, 6.45) is 2.90. The van der Waals surface area contributed by atoms with E-state index in [1.54, 1.807) is 29.8 Å². The Hall–Kier alpha value is -3.49. The molecule has 128 valence electrons. The van der Waals surface area contributed by atoms with Gasteiger partial charge in [0.1, 0.15) is 12.4 Å². The maximum Gasteiger partial charge on any atom is 0.276 e. The predicted octanol–water partition coefficient (Wildman–Crippen LogP) is 1.25. The Bertz CT molecular complexity index is 929. The molecular weight excluding hydrogens is 327 g/mol. The van der Waals surface area contributed by atoms with Crippen LogP contribution in [0.25, 0.3) is 5.69 Å². The molecule has 0 bridgehead atoms. The molecule has 0 aliphatic carbocycles. The first-order valence-corrected chi connectivity index (χ1v) is 7.37. The van der Waals surface area contributed by atoms with E-state index in [-0.39, 0.29) is 18.1 Å². The minimum atomic E-state index is -0.533. The van der Waals surface area contributed by atoms with Crippen LogP contribution in [0.4, 0.5) is 10.1 Å². The lowest BCUT2D eigenvalue weighted by Gasteiger charge is -2.03. The van der Waals surface area contributed by atoms with Crippen molar-refractivity contribution in [2.24, 2.45) is 5.73 Å². The monoisotopic (exact) mass is 342 g/mol. The number of primary amides is 1. The van der Waals surface area contributed by atoms with Crippen LogP contribution >= 0.6 is 0 Å². The van der Waals surface area contributed by atoms with Crippen LogP contribution in [0.1, 0.15) is 16.2 Å². The summed E-state index contributed by atoms with van der Waals surface area (Å²) in [7, 11) is 0. The molecule has 2 amide bonds. The number of hydrogen-bond donors (Lipinski definition) is 2. The Kier molecular flexibility index (Phi) is 4.29. The molecule has 25 heavy (non-hydrogen) atoms. The molecule has 0 spiro atoms. The second-order valence-corrected chi connectivity index (χ2v) is 5.41. The molecule has 0 saturated carbocycles. The minimum absolute atomic E-state index is 0.0752. The number of nitrogens with two attached hydrogens (primary N) is 1. The van der Waals surface area contributed by atoms with Crippen molar-refractivity contribution in [3.05, 3.63) is 59.9 Å². The number of rotatable bonds is 5. The molecule has 1 aromatic carbocycles. The van der Waals surface area contributed by atoms with E-state index in [1.807, 2.05) is 0 Å². The summed E-state index contributed by atoms with van der Waals surface area (Å²) in [5, 5.41) is 10.8. The van der Waals surface area contributed by atoms with Gasteiger partial charge in [0.15, 0.2) is 5.69 Å². The first-order chi connectivity index (χ1) is 11.9. The van der Waals surface area contributed by atoms with Gasteiger partial charge in [-0.3, -0.25) is 14.3 Å². The number of carbonyl (C=O) groups is 2. The van der Waals surface area contributed by atoms with Crippen molar-refractivity contribution in [3.8, 4) is 5.69 Å². The second kappa shape index (κ2) is 6.56.